The molecule has 0 spiro atoms. The van der Waals surface area contributed by atoms with Crippen LogP contribution in [-0.4, -0.2) is 31.9 Å². The number of rotatable bonds is 6. The van der Waals surface area contributed by atoms with E-state index in [2.05, 4.69) is 20.8 Å². The van der Waals surface area contributed by atoms with Crippen LogP contribution in [0.25, 0.3) is 0 Å². The zero-order chi connectivity index (χ0) is 16.1. The molecule has 118 valence electrons. The first-order valence-electron chi connectivity index (χ1n) is 6.98. The van der Waals surface area contributed by atoms with E-state index >= 15 is 0 Å². The van der Waals surface area contributed by atoms with E-state index < -0.39 is 0 Å². The summed E-state index contributed by atoms with van der Waals surface area (Å²) >= 11 is 2.98. The van der Waals surface area contributed by atoms with Crippen molar-refractivity contribution in [3.8, 4) is 0 Å². The standard InChI is InChI=1S/C15H15N5OS2/c1-11-4-2-5-12(8-11)16-14(21)10-23-15-17-18-19-20(15)9-13-6-3-7-22-13/h2-8H,9-10H2,1H3,(H,16,21). The van der Waals surface area contributed by atoms with Crippen molar-refractivity contribution in [1.82, 2.24) is 20.2 Å². The van der Waals surface area contributed by atoms with Crippen molar-refractivity contribution in [3.63, 3.8) is 0 Å². The highest BCUT2D eigenvalue weighted by atomic mass is 32.2. The second-order valence-corrected chi connectivity index (χ2v) is 6.88. The third kappa shape index (κ3) is 4.40. The molecule has 0 fully saturated rings. The topological polar surface area (TPSA) is 72.7 Å². The highest BCUT2D eigenvalue weighted by molar-refractivity contribution is 7.99. The van der Waals surface area contributed by atoms with Crippen molar-refractivity contribution >= 4 is 34.7 Å². The molecule has 6 nitrogen and oxygen atoms in total. The Morgan fingerprint density at radius 2 is 2.26 bits per heavy atom. The van der Waals surface area contributed by atoms with Crippen molar-refractivity contribution in [2.45, 2.75) is 18.6 Å². The Morgan fingerprint density at radius 3 is 3.04 bits per heavy atom. The maximum atomic E-state index is 12.0. The van der Waals surface area contributed by atoms with Crippen molar-refractivity contribution in [2.24, 2.45) is 0 Å². The molecule has 1 amide bonds. The van der Waals surface area contributed by atoms with Gasteiger partial charge >= 0.3 is 0 Å². The number of thiophene rings is 1. The Morgan fingerprint density at radius 1 is 1.35 bits per heavy atom. The smallest absolute Gasteiger partial charge is 0.234 e. The third-order valence-corrected chi connectivity index (χ3v) is 4.84. The first-order valence-corrected chi connectivity index (χ1v) is 8.85. The van der Waals surface area contributed by atoms with E-state index in [1.54, 1.807) is 16.0 Å². The SMILES string of the molecule is Cc1cccc(NC(=O)CSc2nnnn2Cc2cccs2)c1. The van der Waals surface area contributed by atoms with E-state index in [9.17, 15) is 4.79 Å². The van der Waals surface area contributed by atoms with Gasteiger partial charge in [0.25, 0.3) is 0 Å². The van der Waals surface area contributed by atoms with Gasteiger partial charge in [-0.25, -0.2) is 4.68 Å². The van der Waals surface area contributed by atoms with Gasteiger partial charge in [0.05, 0.1) is 12.3 Å². The van der Waals surface area contributed by atoms with Crippen molar-refractivity contribution < 1.29 is 4.79 Å². The highest BCUT2D eigenvalue weighted by Gasteiger charge is 2.11. The summed E-state index contributed by atoms with van der Waals surface area (Å²) in [4.78, 5) is 13.2. The average molecular weight is 345 g/mol. The monoisotopic (exact) mass is 345 g/mol. The predicted octanol–water partition coefficient (Wildman–Crippen LogP) is 2.82. The van der Waals surface area contributed by atoms with Gasteiger partial charge in [-0.2, -0.15) is 0 Å². The van der Waals surface area contributed by atoms with Crippen LogP contribution in [0.1, 0.15) is 10.4 Å². The van der Waals surface area contributed by atoms with Crippen LogP contribution >= 0.6 is 23.1 Å². The van der Waals surface area contributed by atoms with Gasteiger partial charge in [0, 0.05) is 10.6 Å². The van der Waals surface area contributed by atoms with Crippen LogP contribution in [-0.2, 0) is 11.3 Å². The number of aromatic nitrogens is 4. The van der Waals surface area contributed by atoms with Crippen molar-refractivity contribution in [3.05, 3.63) is 52.2 Å². The number of carbonyl (C=O) groups is 1. The Balaban J connectivity index is 1.56. The summed E-state index contributed by atoms with van der Waals surface area (Å²) in [6.45, 7) is 2.61. The highest BCUT2D eigenvalue weighted by Crippen LogP contribution is 2.18. The minimum Gasteiger partial charge on any atom is -0.325 e. The Hall–Kier alpha value is -2.19. The quantitative estimate of drug-likeness (QED) is 0.696. The Bertz CT molecular complexity index is 785. The lowest BCUT2D eigenvalue weighted by Crippen LogP contribution is -2.14. The zero-order valence-electron chi connectivity index (χ0n) is 12.5. The number of hydrogen-bond acceptors (Lipinski definition) is 6. The molecule has 2 heterocycles. The number of amides is 1. The maximum absolute atomic E-state index is 12.0. The van der Waals surface area contributed by atoms with Gasteiger partial charge in [-0.05, 0) is 46.5 Å². The van der Waals surface area contributed by atoms with Crippen LogP contribution < -0.4 is 5.32 Å². The molecule has 1 aromatic carbocycles. The van der Waals surface area contributed by atoms with Gasteiger partial charge in [-0.3, -0.25) is 4.79 Å². The molecule has 8 heteroatoms. The molecular formula is C15H15N5OS2. The number of aryl methyl sites for hydroxylation is 1. The van der Waals surface area contributed by atoms with Crippen LogP contribution in [0.5, 0.6) is 0 Å². The number of anilines is 1. The van der Waals surface area contributed by atoms with Gasteiger partial charge in [0.15, 0.2) is 0 Å². The van der Waals surface area contributed by atoms with E-state index in [1.807, 2.05) is 48.7 Å². The fraction of sp³-hybridized carbons (Fsp3) is 0.200. The minimum absolute atomic E-state index is 0.0775. The first kappa shape index (κ1) is 15.7. The van der Waals surface area contributed by atoms with Gasteiger partial charge in [0.1, 0.15) is 0 Å². The summed E-state index contributed by atoms with van der Waals surface area (Å²) in [6.07, 6.45) is 0. The molecule has 23 heavy (non-hydrogen) atoms. The van der Waals surface area contributed by atoms with Crippen LogP contribution in [0.15, 0.2) is 46.9 Å². The largest absolute Gasteiger partial charge is 0.325 e. The van der Waals surface area contributed by atoms with Gasteiger partial charge in [-0.1, -0.05) is 30.0 Å². The molecule has 3 aromatic rings. The van der Waals surface area contributed by atoms with Crippen LogP contribution in [0.2, 0.25) is 0 Å². The molecular weight excluding hydrogens is 330 g/mol. The average Bonchev–Trinajstić information content (AvgIpc) is 3.18. The molecule has 0 saturated carbocycles. The summed E-state index contributed by atoms with van der Waals surface area (Å²) in [5, 5.41) is 17.2. The van der Waals surface area contributed by atoms with E-state index in [0.29, 0.717) is 11.7 Å². The fourth-order valence-electron chi connectivity index (χ4n) is 2.00. The van der Waals surface area contributed by atoms with Crippen LogP contribution in [0.4, 0.5) is 5.69 Å². The molecule has 0 unspecified atom stereocenters. The second-order valence-electron chi connectivity index (χ2n) is 4.90. The number of hydrogen-bond donors (Lipinski definition) is 1. The summed E-state index contributed by atoms with van der Waals surface area (Å²) in [6, 6.07) is 11.7. The lowest BCUT2D eigenvalue weighted by Gasteiger charge is -2.06. The summed E-state index contributed by atoms with van der Waals surface area (Å²) in [5.41, 5.74) is 1.91. The maximum Gasteiger partial charge on any atom is 0.234 e. The molecule has 1 N–H and O–H groups in total. The summed E-state index contributed by atoms with van der Waals surface area (Å²) in [5.74, 6) is 0.185. The number of nitrogens with zero attached hydrogens (tertiary/aromatic N) is 4. The number of benzene rings is 1. The molecule has 0 aliphatic carbocycles. The predicted molar refractivity (Wildman–Crippen MR) is 91.8 cm³/mol. The van der Waals surface area contributed by atoms with E-state index in [4.69, 9.17) is 0 Å². The number of nitrogens with one attached hydrogen (secondary N) is 1. The molecule has 0 atom stereocenters. The summed E-state index contributed by atoms with van der Waals surface area (Å²) in [7, 11) is 0. The number of thioether (sulfide) groups is 1. The molecule has 0 aliphatic heterocycles. The molecule has 2 aromatic heterocycles. The molecule has 0 saturated heterocycles. The normalized spacial score (nSPS) is 10.7. The van der Waals surface area contributed by atoms with E-state index in [1.165, 1.54) is 16.6 Å². The number of tetrazole rings is 1. The van der Waals surface area contributed by atoms with Crippen LogP contribution in [0, 0.1) is 6.92 Å². The minimum atomic E-state index is -0.0775. The van der Waals surface area contributed by atoms with Gasteiger partial charge in [-0.15, -0.1) is 16.4 Å². The fourth-order valence-corrected chi connectivity index (χ4v) is 3.36. The lowest BCUT2D eigenvalue weighted by molar-refractivity contribution is -0.113. The summed E-state index contributed by atoms with van der Waals surface area (Å²) < 4.78 is 1.70. The van der Waals surface area contributed by atoms with E-state index in [-0.39, 0.29) is 11.7 Å². The Kier molecular flexibility index (Phi) is 5.04. The molecule has 3 rings (SSSR count). The van der Waals surface area contributed by atoms with E-state index in [0.717, 1.165) is 11.3 Å². The Labute approximate surface area is 141 Å². The molecule has 0 aliphatic rings. The van der Waals surface area contributed by atoms with Crippen molar-refractivity contribution in [1.29, 1.82) is 0 Å². The van der Waals surface area contributed by atoms with Crippen molar-refractivity contribution in [2.75, 3.05) is 11.1 Å². The van der Waals surface area contributed by atoms with Crippen LogP contribution in [0.3, 0.4) is 0 Å². The first-order chi connectivity index (χ1) is 11.2. The molecule has 0 bridgehead atoms. The van der Waals surface area contributed by atoms with Gasteiger partial charge in [0.2, 0.25) is 11.1 Å². The number of carbonyl (C=O) groups excluding carboxylic acids is 1. The zero-order valence-corrected chi connectivity index (χ0v) is 14.1. The third-order valence-electron chi connectivity index (χ3n) is 3.02. The second kappa shape index (κ2) is 7.38. The lowest BCUT2D eigenvalue weighted by atomic mass is 10.2. The molecule has 0 radical (unpaired) electrons. The van der Waals surface area contributed by atoms with Gasteiger partial charge < -0.3 is 5.32 Å².